The summed E-state index contributed by atoms with van der Waals surface area (Å²) >= 11 is 5.64. The summed E-state index contributed by atoms with van der Waals surface area (Å²) in [5.41, 5.74) is 5.29. The molecule has 0 radical (unpaired) electrons. The van der Waals surface area contributed by atoms with Gasteiger partial charge in [0, 0.05) is 13.1 Å². The highest BCUT2D eigenvalue weighted by atomic mass is 35.5. The molecular weight excluding hydrogens is 162 g/mol. The normalized spacial score (nSPS) is 9.64. The average Bonchev–Trinajstić information content (AvgIpc) is 2.01. The van der Waals surface area contributed by atoms with Gasteiger partial charge in [-0.05, 0) is 12.1 Å². The summed E-state index contributed by atoms with van der Waals surface area (Å²) in [5.74, 6) is 0.767. The molecule has 0 saturated heterocycles. The number of nitrogens with one attached hydrogen (secondary N) is 1. The summed E-state index contributed by atoms with van der Waals surface area (Å²) in [5, 5.41) is 3.51. The molecule has 0 amide bonds. The summed E-state index contributed by atoms with van der Waals surface area (Å²) in [6.45, 7) is 1.31. The lowest BCUT2D eigenvalue weighted by Gasteiger charge is -2.02. The Labute approximate surface area is 70.6 Å². The van der Waals surface area contributed by atoms with Crippen LogP contribution in [0.3, 0.4) is 0 Å². The van der Waals surface area contributed by atoms with E-state index in [1.807, 2.05) is 12.1 Å². The van der Waals surface area contributed by atoms with Crippen LogP contribution in [0.1, 0.15) is 0 Å². The molecule has 0 fully saturated rings. The third-order valence-corrected chi connectivity index (χ3v) is 1.38. The van der Waals surface area contributed by atoms with Crippen LogP contribution in [-0.2, 0) is 0 Å². The van der Waals surface area contributed by atoms with Crippen LogP contribution in [0, 0.1) is 0 Å². The van der Waals surface area contributed by atoms with Crippen molar-refractivity contribution >= 4 is 17.4 Å². The van der Waals surface area contributed by atoms with Crippen molar-refractivity contribution in [3.8, 4) is 0 Å². The largest absolute Gasteiger partial charge is 0.369 e. The van der Waals surface area contributed by atoms with Crippen molar-refractivity contribution in [3.05, 3.63) is 23.4 Å². The van der Waals surface area contributed by atoms with Crippen LogP contribution in [0.2, 0.25) is 5.15 Å². The van der Waals surface area contributed by atoms with Crippen molar-refractivity contribution in [2.24, 2.45) is 5.73 Å². The van der Waals surface area contributed by atoms with E-state index in [-0.39, 0.29) is 0 Å². The van der Waals surface area contributed by atoms with E-state index in [9.17, 15) is 0 Å². The zero-order valence-corrected chi connectivity index (χ0v) is 6.80. The number of hydrogen-bond donors (Lipinski definition) is 2. The first-order valence-corrected chi connectivity index (χ1v) is 3.77. The molecule has 0 bridgehead atoms. The van der Waals surface area contributed by atoms with Gasteiger partial charge in [-0.25, -0.2) is 4.98 Å². The number of rotatable bonds is 3. The molecule has 11 heavy (non-hydrogen) atoms. The number of anilines is 1. The van der Waals surface area contributed by atoms with Crippen molar-refractivity contribution in [1.82, 2.24) is 4.98 Å². The Hall–Kier alpha value is -0.800. The standard InChI is InChI=1S/C7H10ClN3/c8-6-2-1-3-7(11-6)10-5-4-9/h1-3H,4-5,9H2,(H,10,11). The number of aromatic nitrogens is 1. The second-order valence-electron chi connectivity index (χ2n) is 2.06. The highest BCUT2D eigenvalue weighted by Gasteiger charge is 1.91. The number of hydrogen-bond acceptors (Lipinski definition) is 3. The molecule has 0 atom stereocenters. The molecule has 1 heterocycles. The van der Waals surface area contributed by atoms with Gasteiger partial charge in [0.05, 0.1) is 0 Å². The molecule has 0 aliphatic rings. The molecule has 0 aliphatic carbocycles. The lowest BCUT2D eigenvalue weighted by Crippen LogP contribution is -2.13. The smallest absolute Gasteiger partial charge is 0.131 e. The Kier molecular flexibility index (Phi) is 3.14. The zero-order valence-electron chi connectivity index (χ0n) is 6.05. The molecule has 0 aliphatic heterocycles. The maximum Gasteiger partial charge on any atom is 0.131 e. The SMILES string of the molecule is NCCNc1cccc(Cl)n1. The van der Waals surface area contributed by atoms with E-state index in [2.05, 4.69) is 10.3 Å². The molecule has 1 aromatic heterocycles. The Morgan fingerprint density at radius 2 is 2.36 bits per heavy atom. The van der Waals surface area contributed by atoms with Gasteiger partial charge in [0.25, 0.3) is 0 Å². The second kappa shape index (κ2) is 4.16. The minimum atomic E-state index is 0.493. The number of nitrogens with zero attached hydrogens (tertiary/aromatic N) is 1. The fraction of sp³-hybridized carbons (Fsp3) is 0.286. The summed E-state index contributed by atoms with van der Waals surface area (Å²) in [4.78, 5) is 4.01. The third kappa shape index (κ3) is 2.74. The molecule has 3 N–H and O–H groups in total. The lowest BCUT2D eigenvalue weighted by atomic mass is 10.4. The highest BCUT2D eigenvalue weighted by Crippen LogP contribution is 2.08. The van der Waals surface area contributed by atoms with Crippen LogP contribution in [0.15, 0.2) is 18.2 Å². The summed E-state index contributed by atoms with van der Waals surface area (Å²) < 4.78 is 0. The maximum absolute atomic E-state index is 5.64. The Balaban J connectivity index is 2.56. The summed E-state index contributed by atoms with van der Waals surface area (Å²) in [7, 11) is 0. The Morgan fingerprint density at radius 1 is 1.55 bits per heavy atom. The van der Waals surface area contributed by atoms with Crippen LogP contribution in [-0.4, -0.2) is 18.1 Å². The quantitative estimate of drug-likeness (QED) is 0.670. The molecule has 60 valence electrons. The van der Waals surface area contributed by atoms with Crippen LogP contribution in [0.5, 0.6) is 0 Å². The number of nitrogens with two attached hydrogens (primary N) is 1. The summed E-state index contributed by atoms with van der Waals surface area (Å²) in [6.07, 6.45) is 0. The molecular formula is C7H10ClN3. The van der Waals surface area contributed by atoms with Crippen molar-refractivity contribution in [1.29, 1.82) is 0 Å². The van der Waals surface area contributed by atoms with Crippen LogP contribution in [0.25, 0.3) is 0 Å². The van der Waals surface area contributed by atoms with E-state index in [1.54, 1.807) is 6.07 Å². The molecule has 0 aromatic carbocycles. The van der Waals surface area contributed by atoms with Gasteiger partial charge in [-0.2, -0.15) is 0 Å². The number of pyridine rings is 1. The first kappa shape index (κ1) is 8.30. The van der Waals surface area contributed by atoms with Crippen molar-refractivity contribution in [2.45, 2.75) is 0 Å². The van der Waals surface area contributed by atoms with Crippen LogP contribution < -0.4 is 11.1 Å². The van der Waals surface area contributed by atoms with E-state index in [1.165, 1.54) is 0 Å². The van der Waals surface area contributed by atoms with Crippen molar-refractivity contribution in [3.63, 3.8) is 0 Å². The monoisotopic (exact) mass is 171 g/mol. The van der Waals surface area contributed by atoms with Gasteiger partial charge in [-0.15, -0.1) is 0 Å². The van der Waals surface area contributed by atoms with Gasteiger partial charge in [0.1, 0.15) is 11.0 Å². The first-order valence-electron chi connectivity index (χ1n) is 3.39. The average molecular weight is 172 g/mol. The fourth-order valence-corrected chi connectivity index (χ4v) is 0.871. The zero-order chi connectivity index (χ0) is 8.10. The van der Waals surface area contributed by atoms with E-state index in [0.717, 1.165) is 5.82 Å². The minimum Gasteiger partial charge on any atom is -0.369 e. The van der Waals surface area contributed by atoms with Gasteiger partial charge >= 0.3 is 0 Å². The van der Waals surface area contributed by atoms with E-state index < -0.39 is 0 Å². The molecule has 4 heteroatoms. The topological polar surface area (TPSA) is 50.9 Å². The minimum absolute atomic E-state index is 0.493. The molecule has 1 rings (SSSR count). The molecule has 3 nitrogen and oxygen atoms in total. The fourth-order valence-electron chi connectivity index (χ4n) is 0.707. The summed E-state index contributed by atoms with van der Waals surface area (Å²) in [6, 6.07) is 5.42. The Bertz CT molecular complexity index is 227. The maximum atomic E-state index is 5.64. The van der Waals surface area contributed by atoms with E-state index >= 15 is 0 Å². The van der Waals surface area contributed by atoms with Gasteiger partial charge in [0.15, 0.2) is 0 Å². The van der Waals surface area contributed by atoms with Gasteiger partial charge in [-0.3, -0.25) is 0 Å². The molecule has 0 spiro atoms. The lowest BCUT2D eigenvalue weighted by molar-refractivity contribution is 1.01. The van der Waals surface area contributed by atoms with Gasteiger partial charge < -0.3 is 11.1 Å². The molecule has 0 unspecified atom stereocenters. The Morgan fingerprint density at radius 3 is 3.00 bits per heavy atom. The van der Waals surface area contributed by atoms with Crippen molar-refractivity contribution in [2.75, 3.05) is 18.4 Å². The first-order chi connectivity index (χ1) is 5.33. The van der Waals surface area contributed by atoms with Gasteiger partial charge in [-0.1, -0.05) is 17.7 Å². The van der Waals surface area contributed by atoms with E-state index in [0.29, 0.717) is 18.2 Å². The van der Waals surface area contributed by atoms with Crippen molar-refractivity contribution < 1.29 is 0 Å². The predicted octanol–water partition coefficient (Wildman–Crippen LogP) is 1.11. The second-order valence-corrected chi connectivity index (χ2v) is 2.45. The third-order valence-electron chi connectivity index (χ3n) is 1.17. The van der Waals surface area contributed by atoms with Gasteiger partial charge in [0.2, 0.25) is 0 Å². The van der Waals surface area contributed by atoms with Crippen LogP contribution in [0.4, 0.5) is 5.82 Å². The molecule has 1 aromatic rings. The van der Waals surface area contributed by atoms with E-state index in [4.69, 9.17) is 17.3 Å². The molecule has 0 saturated carbocycles. The highest BCUT2D eigenvalue weighted by molar-refractivity contribution is 6.29. The number of halogens is 1. The predicted molar refractivity (Wildman–Crippen MR) is 46.8 cm³/mol. The van der Waals surface area contributed by atoms with Crippen LogP contribution >= 0.6 is 11.6 Å².